The highest BCUT2D eigenvalue weighted by Crippen LogP contribution is 2.06. The Balaban J connectivity index is 2.29. The fraction of sp³-hybridized carbons (Fsp3) is 0.250. The van der Waals surface area contributed by atoms with Crippen LogP contribution in [0.15, 0.2) is 29.6 Å². The van der Waals surface area contributed by atoms with Crippen molar-refractivity contribution in [2.45, 2.75) is 6.42 Å². The Hall–Kier alpha value is -1.38. The number of aromatic nitrogens is 1. The van der Waals surface area contributed by atoms with E-state index in [1.54, 1.807) is 6.20 Å². The number of rotatable bonds is 1. The summed E-state index contributed by atoms with van der Waals surface area (Å²) in [5, 5.41) is 3.86. The second-order valence-corrected chi connectivity index (χ2v) is 2.34. The monoisotopic (exact) mass is 148 g/mol. The molecule has 0 saturated carbocycles. The van der Waals surface area contributed by atoms with Crippen molar-refractivity contribution < 1.29 is 4.84 Å². The summed E-state index contributed by atoms with van der Waals surface area (Å²) in [6, 6.07) is 5.77. The molecule has 2 heterocycles. The molecule has 0 atom stereocenters. The average molecular weight is 148 g/mol. The molecule has 0 N–H and O–H groups in total. The summed E-state index contributed by atoms with van der Waals surface area (Å²) >= 11 is 0. The molecule has 0 radical (unpaired) electrons. The van der Waals surface area contributed by atoms with E-state index < -0.39 is 0 Å². The summed E-state index contributed by atoms with van der Waals surface area (Å²) in [7, 11) is 0. The molecule has 0 spiro atoms. The lowest BCUT2D eigenvalue weighted by atomic mass is 10.2. The maximum absolute atomic E-state index is 4.86. The van der Waals surface area contributed by atoms with Gasteiger partial charge in [0.25, 0.3) is 0 Å². The van der Waals surface area contributed by atoms with Crippen LogP contribution in [0.2, 0.25) is 0 Å². The average Bonchev–Trinajstić information content (AvgIpc) is 2.58. The Labute approximate surface area is 64.7 Å². The molecular weight excluding hydrogens is 140 g/mol. The Morgan fingerprint density at radius 1 is 1.36 bits per heavy atom. The number of nitrogens with zero attached hydrogens (tertiary/aromatic N) is 2. The van der Waals surface area contributed by atoms with E-state index in [2.05, 4.69) is 10.1 Å². The number of hydrogen-bond donors (Lipinski definition) is 0. The molecule has 0 saturated heterocycles. The molecule has 0 aromatic carbocycles. The van der Waals surface area contributed by atoms with Gasteiger partial charge in [-0.2, -0.15) is 0 Å². The third-order valence-electron chi connectivity index (χ3n) is 1.57. The predicted molar refractivity (Wildman–Crippen MR) is 41.3 cm³/mol. The van der Waals surface area contributed by atoms with Gasteiger partial charge in [0.1, 0.15) is 12.3 Å². The van der Waals surface area contributed by atoms with Gasteiger partial charge in [-0.25, -0.2) is 0 Å². The van der Waals surface area contributed by atoms with Crippen molar-refractivity contribution in [3.05, 3.63) is 30.1 Å². The highest BCUT2D eigenvalue weighted by Gasteiger charge is 2.10. The van der Waals surface area contributed by atoms with Crippen molar-refractivity contribution in [2.75, 3.05) is 6.61 Å². The molecule has 1 aliphatic heterocycles. The van der Waals surface area contributed by atoms with Crippen LogP contribution in [0, 0.1) is 0 Å². The van der Waals surface area contributed by atoms with Crippen LogP contribution in [0.25, 0.3) is 0 Å². The minimum atomic E-state index is 0.686. The first kappa shape index (κ1) is 6.34. The molecule has 1 aliphatic rings. The quantitative estimate of drug-likeness (QED) is 0.599. The summed E-state index contributed by atoms with van der Waals surface area (Å²) in [6.07, 6.45) is 2.63. The van der Waals surface area contributed by atoms with Crippen molar-refractivity contribution in [1.82, 2.24) is 4.98 Å². The van der Waals surface area contributed by atoms with Gasteiger partial charge in [0.05, 0.1) is 5.69 Å². The molecule has 1 aromatic heterocycles. The third kappa shape index (κ3) is 1.22. The fourth-order valence-corrected chi connectivity index (χ4v) is 1.02. The first-order chi connectivity index (χ1) is 5.47. The Kier molecular flexibility index (Phi) is 1.55. The standard InChI is InChI=1S/C8H8N2O/c1-2-5-9-7(3-1)8-4-6-11-10-8/h1-3,5H,4,6H2. The summed E-state index contributed by atoms with van der Waals surface area (Å²) in [5.41, 5.74) is 1.87. The van der Waals surface area contributed by atoms with Crippen LogP contribution in [0.4, 0.5) is 0 Å². The largest absolute Gasteiger partial charge is 0.395 e. The molecule has 3 nitrogen and oxygen atoms in total. The minimum Gasteiger partial charge on any atom is -0.395 e. The van der Waals surface area contributed by atoms with Crippen LogP contribution in [0.1, 0.15) is 12.1 Å². The van der Waals surface area contributed by atoms with Crippen LogP contribution < -0.4 is 0 Å². The van der Waals surface area contributed by atoms with Gasteiger partial charge in [0.2, 0.25) is 0 Å². The van der Waals surface area contributed by atoms with Crippen molar-refractivity contribution in [3.63, 3.8) is 0 Å². The molecule has 0 aliphatic carbocycles. The SMILES string of the molecule is c1ccc(C2=NOCC2)nc1. The van der Waals surface area contributed by atoms with E-state index in [9.17, 15) is 0 Å². The van der Waals surface area contributed by atoms with Gasteiger partial charge in [0, 0.05) is 12.6 Å². The molecule has 0 unspecified atom stereocenters. The molecule has 2 rings (SSSR count). The molecule has 1 aromatic rings. The maximum atomic E-state index is 4.86. The van der Waals surface area contributed by atoms with Crippen LogP contribution in [0.5, 0.6) is 0 Å². The zero-order valence-electron chi connectivity index (χ0n) is 6.03. The Morgan fingerprint density at radius 3 is 3.00 bits per heavy atom. The number of oxime groups is 1. The fourth-order valence-electron chi connectivity index (χ4n) is 1.02. The molecule has 3 heteroatoms. The van der Waals surface area contributed by atoms with Crippen molar-refractivity contribution in [3.8, 4) is 0 Å². The molecule has 56 valence electrons. The van der Waals surface area contributed by atoms with E-state index in [-0.39, 0.29) is 0 Å². The summed E-state index contributed by atoms with van der Waals surface area (Å²) in [4.78, 5) is 9.01. The van der Waals surface area contributed by atoms with Gasteiger partial charge in [0.15, 0.2) is 0 Å². The first-order valence-electron chi connectivity index (χ1n) is 3.57. The van der Waals surface area contributed by atoms with Crippen molar-refractivity contribution in [2.24, 2.45) is 5.16 Å². The highest BCUT2D eigenvalue weighted by atomic mass is 16.6. The topological polar surface area (TPSA) is 34.5 Å². The number of pyridine rings is 1. The van der Waals surface area contributed by atoms with Gasteiger partial charge in [-0.3, -0.25) is 4.98 Å². The molecule has 0 bridgehead atoms. The Bertz CT molecular complexity index is 269. The predicted octanol–water partition coefficient (Wildman–Crippen LogP) is 1.21. The smallest absolute Gasteiger partial charge is 0.122 e. The minimum absolute atomic E-state index is 0.686. The van der Waals surface area contributed by atoms with Gasteiger partial charge in [-0.05, 0) is 12.1 Å². The van der Waals surface area contributed by atoms with E-state index in [4.69, 9.17) is 4.84 Å². The van der Waals surface area contributed by atoms with Crippen molar-refractivity contribution in [1.29, 1.82) is 0 Å². The van der Waals surface area contributed by atoms with Crippen LogP contribution in [0.3, 0.4) is 0 Å². The van der Waals surface area contributed by atoms with E-state index in [1.165, 1.54) is 0 Å². The lowest BCUT2D eigenvalue weighted by molar-refractivity contribution is 0.174. The van der Waals surface area contributed by atoms with Gasteiger partial charge in [-0.1, -0.05) is 11.2 Å². The van der Waals surface area contributed by atoms with E-state index in [0.717, 1.165) is 17.8 Å². The lowest BCUT2D eigenvalue weighted by Crippen LogP contribution is -1.99. The Morgan fingerprint density at radius 2 is 2.36 bits per heavy atom. The molecule has 0 amide bonds. The van der Waals surface area contributed by atoms with Gasteiger partial charge in [-0.15, -0.1) is 0 Å². The summed E-state index contributed by atoms with van der Waals surface area (Å²) in [5.74, 6) is 0. The zero-order valence-corrected chi connectivity index (χ0v) is 6.03. The highest BCUT2D eigenvalue weighted by molar-refractivity contribution is 5.99. The summed E-state index contributed by atoms with van der Waals surface area (Å²) in [6.45, 7) is 0.686. The first-order valence-corrected chi connectivity index (χ1v) is 3.57. The molecule has 0 fully saturated rings. The number of hydrogen-bond acceptors (Lipinski definition) is 3. The van der Waals surface area contributed by atoms with Crippen molar-refractivity contribution >= 4 is 5.71 Å². The lowest BCUT2D eigenvalue weighted by Gasteiger charge is -1.93. The van der Waals surface area contributed by atoms with E-state index in [0.29, 0.717) is 6.61 Å². The zero-order chi connectivity index (χ0) is 7.52. The van der Waals surface area contributed by atoms with E-state index >= 15 is 0 Å². The van der Waals surface area contributed by atoms with E-state index in [1.807, 2.05) is 18.2 Å². The molecular formula is C8H8N2O. The van der Waals surface area contributed by atoms with Crippen LogP contribution in [-0.4, -0.2) is 17.3 Å². The molecule has 11 heavy (non-hydrogen) atoms. The van der Waals surface area contributed by atoms with Crippen LogP contribution >= 0.6 is 0 Å². The maximum Gasteiger partial charge on any atom is 0.122 e. The van der Waals surface area contributed by atoms with Gasteiger partial charge < -0.3 is 4.84 Å². The second-order valence-electron chi connectivity index (χ2n) is 2.34. The third-order valence-corrected chi connectivity index (χ3v) is 1.57. The summed E-state index contributed by atoms with van der Waals surface area (Å²) < 4.78 is 0. The normalized spacial score (nSPS) is 15.8. The van der Waals surface area contributed by atoms with Gasteiger partial charge >= 0.3 is 0 Å². The van der Waals surface area contributed by atoms with Crippen LogP contribution in [-0.2, 0) is 4.84 Å². The second kappa shape index (κ2) is 2.70.